The van der Waals surface area contributed by atoms with Crippen LogP contribution in [0.15, 0.2) is 0 Å². The molecule has 20 heavy (non-hydrogen) atoms. The second-order valence-corrected chi connectivity index (χ2v) is 6.48. The number of aryl methyl sites for hydroxylation is 1. The molecule has 0 radical (unpaired) electrons. The molecule has 1 aromatic heterocycles. The molecule has 1 aliphatic heterocycles. The van der Waals surface area contributed by atoms with E-state index in [2.05, 4.69) is 5.32 Å². The summed E-state index contributed by atoms with van der Waals surface area (Å²) in [6.45, 7) is 6.88. The van der Waals surface area contributed by atoms with Crippen molar-refractivity contribution in [3.63, 3.8) is 0 Å². The molecule has 6 heteroatoms. The molecule has 0 aromatic carbocycles. The Morgan fingerprint density at radius 2 is 2.05 bits per heavy atom. The van der Waals surface area contributed by atoms with Crippen molar-refractivity contribution in [2.24, 2.45) is 0 Å². The summed E-state index contributed by atoms with van der Waals surface area (Å²) in [5.74, 6) is -0.975. The molecule has 1 aromatic rings. The Bertz CT molecular complexity index is 539. The molecule has 1 aliphatic rings. The molecule has 1 amide bonds. The number of likely N-dealkylation sites (tertiary alicyclic amines) is 1. The van der Waals surface area contributed by atoms with E-state index in [1.807, 2.05) is 20.8 Å². The summed E-state index contributed by atoms with van der Waals surface area (Å²) in [5.41, 5.74) is 2.30. The quantitative estimate of drug-likeness (QED) is 0.893. The van der Waals surface area contributed by atoms with Crippen LogP contribution in [0.4, 0.5) is 5.00 Å². The molecular weight excluding hydrogens is 276 g/mol. The van der Waals surface area contributed by atoms with Gasteiger partial charge in [0, 0.05) is 4.88 Å². The van der Waals surface area contributed by atoms with Gasteiger partial charge in [0.2, 0.25) is 5.91 Å². The van der Waals surface area contributed by atoms with Gasteiger partial charge in [-0.05, 0) is 51.3 Å². The van der Waals surface area contributed by atoms with Crippen LogP contribution < -0.4 is 5.32 Å². The number of amides is 1. The fourth-order valence-electron chi connectivity index (χ4n) is 2.51. The first-order chi connectivity index (χ1) is 9.40. The summed E-state index contributed by atoms with van der Waals surface area (Å²) in [4.78, 5) is 26.1. The van der Waals surface area contributed by atoms with Crippen LogP contribution in [0.2, 0.25) is 0 Å². The summed E-state index contributed by atoms with van der Waals surface area (Å²) < 4.78 is 0. The minimum atomic E-state index is -0.839. The highest BCUT2D eigenvalue weighted by Crippen LogP contribution is 2.31. The third-order valence-corrected chi connectivity index (χ3v) is 5.16. The molecule has 5 nitrogen and oxygen atoms in total. The Labute approximate surface area is 122 Å². The molecule has 0 bridgehead atoms. The molecular formula is C14H20N2O3S. The van der Waals surface area contributed by atoms with Gasteiger partial charge in [0.1, 0.15) is 6.04 Å². The van der Waals surface area contributed by atoms with Gasteiger partial charge in [-0.25, -0.2) is 0 Å². The Kier molecular flexibility index (Phi) is 4.45. The smallest absolute Gasteiger partial charge is 0.320 e. The van der Waals surface area contributed by atoms with Crippen LogP contribution in [0.3, 0.4) is 0 Å². The number of nitrogens with zero attached hydrogens (tertiary/aromatic N) is 1. The average molecular weight is 296 g/mol. The Morgan fingerprint density at radius 1 is 1.35 bits per heavy atom. The third-order valence-electron chi connectivity index (χ3n) is 3.93. The van der Waals surface area contributed by atoms with E-state index in [4.69, 9.17) is 5.11 Å². The van der Waals surface area contributed by atoms with E-state index in [0.717, 1.165) is 17.0 Å². The number of rotatable bonds is 4. The maximum Gasteiger partial charge on any atom is 0.320 e. The fourth-order valence-corrected chi connectivity index (χ4v) is 3.59. The van der Waals surface area contributed by atoms with Crippen LogP contribution in [0.5, 0.6) is 0 Å². The predicted molar refractivity (Wildman–Crippen MR) is 79.4 cm³/mol. The van der Waals surface area contributed by atoms with Gasteiger partial charge in [-0.2, -0.15) is 0 Å². The summed E-state index contributed by atoms with van der Waals surface area (Å²) in [5, 5.41) is 12.9. The first-order valence-electron chi connectivity index (χ1n) is 6.73. The SMILES string of the molecule is Cc1sc(NC(=O)CN2CCCC2C(=O)O)c(C)c1C. The van der Waals surface area contributed by atoms with Crippen LogP contribution in [0.25, 0.3) is 0 Å². The van der Waals surface area contributed by atoms with Crippen LogP contribution in [0.1, 0.15) is 28.8 Å². The number of carboxylic acids is 1. The highest BCUT2D eigenvalue weighted by atomic mass is 32.1. The standard InChI is InChI=1S/C14H20N2O3S/c1-8-9(2)13(20-10(8)3)15-12(17)7-16-6-4-5-11(16)14(18)19/h11H,4-7H2,1-3H3,(H,15,17)(H,18,19). The zero-order chi connectivity index (χ0) is 14.9. The van der Waals surface area contributed by atoms with Crippen molar-refractivity contribution in [3.05, 3.63) is 16.0 Å². The summed E-state index contributed by atoms with van der Waals surface area (Å²) in [6, 6.07) is -0.520. The van der Waals surface area contributed by atoms with Crippen molar-refractivity contribution in [2.45, 2.75) is 39.7 Å². The zero-order valence-corrected chi connectivity index (χ0v) is 12.8. The molecule has 1 atom stereocenters. The highest BCUT2D eigenvalue weighted by molar-refractivity contribution is 7.16. The maximum atomic E-state index is 12.1. The van der Waals surface area contributed by atoms with E-state index in [9.17, 15) is 9.59 Å². The number of hydrogen-bond donors (Lipinski definition) is 2. The van der Waals surface area contributed by atoms with Gasteiger partial charge >= 0.3 is 5.97 Å². The topological polar surface area (TPSA) is 69.6 Å². The molecule has 1 fully saturated rings. The van der Waals surface area contributed by atoms with Crippen LogP contribution in [-0.4, -0.2) is 41.0 Å². The second kappa shape index (κ2) is 5.93. The summed E-state index contributed by atoms with van der Waals surface area (Å²) in [6.07, 6.45) is 1.46. The van der Waals surface area contributed by atoms with E-state index in [-0.39, 0.29) is 12.5 Å². The van der Waals surface area contributed by atoms with Gasteiger partial charge in [-0.1, -0.05) is 0 Å². The molecule has 2 N–H and O–H groups in total. The summed E-state index contributed by atoms with van der Waals surface area (Å²) >= 11 is 1.57. The lowest BCUT2D eigenvalue weighted by molar-refractivity contribution is -0.142. The van der Waals surface area contributed by atoms with Crippen LogP contribution in [-0.2, 0) is 9.59 Å². The molecule has 2 rings (SSSR count). The number of thiophene rings is 1. The van der Waals surface area contributed by atoms with Crippen molar-refractivity contribution in [3.8, 4) is 0 Å². The highest BCUT2D eigenvalue weighted by Gasteiger charge is 2.31. The number of carbonyl (C=O) groups excluding carboxylic acids is 1. The number of hydrogen-bond acceptors (Lipinski definition) is 4. The Hall–Kier alpha value is -1.40. The van der Waals surface area contributed by atoms with Crippen molar-refractivity contribution in [2.75, 3.05) is 18.4 Å². The van der Waals surface area contributed by atoms with Crippen LogP contribution >= 0.6 is 11.3 Å². The van der Waals surface area contributed by atoms with E-state index in [0.29, 0.717) is 13.0 Å². The predicted octanol–water partition coefficient (Wildman–Crippen LogP) is 2.16. The lowest BCUT2D eigenvalue weighted by atomic mass is 10.2. The van der Waals surface area contributed by atoms with Gasteiger partial charge in [0.05, 0.1) is 11.5 Å². The first-order valence-corrected chi connectivity index (χ1v) is 7.55. The van der Waals surface area contributed by atoms with Crippen LogP contribution in [0, 0.1) is 20.8 Å². The number of carboxylic acid groups (broad SMARTS) is 1. The van der Waals surface area contributed by atoms with E-state index >= 15 is 0 Å². The van der Waals surface area contributed by atoms with Crippen molar-refractivity contribution < 1.29 is 14.7 Å². The average Bonchev–Trinajstić information content (AvgIpc) is 2.91. The normalized spacial score (nSPS) is 19.2. The van der Waals surface area contributed by atoms with E-state index in [1.54, 1.807) is 16.2 Å². The second-order valence-electron chi connectivity index (χ2n) is 5.25. The van der Waals surface area contributed by atoms with Crippen molar-refractivity contribution >= 4 is 28.2 Å². The molecule has 0 spiro atoms. The fraction of sp³-hybridized carbons (Fsp3) is 0.571. The molecule has 0 saturated carbocycles. The Morgan fingerprint density at radius 3 is 2.60 bits per heavy atom. The van der Waals surface area contributed by atoms with Gasteiger partial charge in [-0.3, -0.25) is 14.5 Å². The van der Waals surface area contributed by atoms with Crippen molar-refractivity contribution in [1.82, 2.24) is 4.90 Å². The summed E-state index contributed by atoms with van der Waals surface area (Å²) in [7, 11) is 0. The molecule has 110 valence electrons. The van der Waals surface area contributed by atoms with Gasteiger partial charge in [0.15, 0.2) is 0 Å². The Balaban J connectivity index is 1.99. The molecule has 2 heterocycles. The van der Waals surface area contributed by atoms with E-state index < -0.39 is 12.0 Å². The number of nitrogens with one attached hydrogen (secondary N) is 1. The van der Waals surface area contributed by atoms with Gasteiger partial charge in [-0.15, -0.1) is 11.3 Å². The molecule has 1 saturated heterocycles. The molecule has 1 unspecified atom stereocenters. The lowest BCUT2D eigenvalue weighted by Crippen LogP contribution is -2.40. The number of aliphatic carboxylic acids is 1. The first kappa shape index (κ1) is 15.0. The number of carbonyl (C=O) groups is 2. The zero-order valence-electron chi connectivity index (χ0n) is 12.0. The third kappa shape index (κ3) is 3.02. The monoisotopic (exact) mass is 296 g/mol. The largest absolute Gasteiger partial charge is 0.480 e. The molecule has 0 aliphatic carbocycles. The minimum Gasteiger partial charge on any atom is -0.480 e. The van der Waals surface area contributed by atoms with E-state index in [1.165, 1.54) is 10.4 Å². The lowest BCUT2D eigenvalue weighted by Gasteiger charge is -2.20. The van der Waals surface area contributed by atoms with Crippen molar-refractivity contribution in [1.29, 1.82) is 0 Å². The maximum absolute atomic E-state index is 12.1. The minimum absolute atomic E-state index is 0.137. The number of anilines is 1. The van der Waals surface area contributed by atoms with Gasteiger partial charge in [0.25, 0.3) is 0 Å². The van der Waals surface area contributed by atoms with Gasteiger partial charge < -0.3 is 10.4 Å².